The Morgan fingerprint density at radius 2 is 1.73 bits per heavy atom. The number of phenolic OH excluding ortho intramolecular Hbond substituents is 2. The van der Waals surface area contributed by atoms with Gasteiger partial charge in [0.2, 0.25) is 0 Å². The van der Waals surface area contributed by atoms with Crippen LogP contribution in [0.5, 0.6) is 11.5 Å². The van der Waals surface area contributed by atoms with Gasteiger partial charge in [0.25, 0.3) is 10.9 Å². The predicted molar refractivity (Wildman–Crippen MR) is 114 cm³/mol. The molecule has 0 aliphatic rings. The van der Waals surface area contributed by atoms with E-state index in [-0.39, 0.29) is 28.9 Å². The van der Waals surface area contributed by atoms with Crippen LogP contribution in [0.15, 0.2) is 70.4 Å². The Kier molecular flexibility index (Phi) is 4.89. The molecule has 8 nitrogen and oxygen atoms in total. The largest absolute Gasteiger partial charge is 0.508 e. The zero-order valence-corrected chi connectivity index (χ0v) is 16.0. The summed E-state index contributed by atoms with van der Waals surface area (Å²) in [4.78, 5) is 24.3. The van der Waals surface area contributed by atoms with E-state index in [1.807, 2.05) is 13.0 Å². The van der Waals surface area contributed by atoms with Gasteiger partial charge in [-0.25, -0.2) is 0 Å². The molecule has 8 heteroatoms. The Bertz CT molecular complexity index is 1280. The van der Waals surface area contributed by atoms with Gasteiger partial charge in [-0.3, -0.25) is 9.59 Å². The fraction of sp³-hybridized carbons (Fsp3) is 0.0909. The number of aromatic nitrogens is 2. The molecule has 0 saturated carbocycles. The highest BCUT2D eigenvalue weighted by Crippen LogP contribution is 2.32. The topological polar surface area (TPSA) is 124 Å². The highest BCUT2D eigenvalue weighted by atomic mass is 16.3. The van der Waals surface area contributed by atoms with Crippen molar-refractivity contribution in [3.63, 3.8) is 0 Å². The van der Waals surface area contributed by atoms with Gasteiger partial charge >= 0.3 is 0 Å². The molecule has 0 bridgehead atoms. The lowest BCUT2D eigenvalue weighted by Gasteiger charge is -2.20. The fourth-order valence-corrected chi connectivity index (χ4v) is 3.15. The SMILES string of the molecule is C[C@H](Nc1c(Nc2ccc(O)c(-c3cccnn3)c2)c(=O)c1=O)c1cccc(O)c1. The second-order valence-electron chi connectivity index (χ2n) is 6.84. The Hall–Kier alpha value is -4.20. The summed E-state index contributed by atoms with van der Waals surface area (Å²) in [7, 11) is 0. The Balaban J connectivity index is 1.60. The molecule has 0 fully saturated rings. The number of anilines is 3. The number of nitrogens with zero attached hydrogens (tertiary/aromatic N) is 2. The van der Waals surface area contributed by atoms with Crippen molar-refractivity contribution in [3.8, 4) is 22.8 Å². The lowest BCUT2D eigenvalue weighted by molar-refractivity contribution is 0.474. The van der Waals surface area contributed by atoms with Gasteiger partial charge < -0.3 is 20.8 Å². The normalized spacial score (nSPS) is 11.9. The van der Waals surface area contributed by atoms with Crippen molar-refractivity contribution in [2.45, 2.75) is 13.0 Å². The zero-order valence-electron chi connectivity index (χ0n) is 16.0. The number of nitrogens with one attached hydrogen (secondary N) is 2. The maximum atomic E-state index is 12.1. The van der Waals surface area contributed by atoms with Crippen LogP contribution in [-0.2, 0) is 0 Å². The van der Waals surface area contributed by atoms with Gasteiger partial charge in [0.15, 0.2) is 0 Å². The molecule has 0 radical (unpaired) electrons. The van der Waals surface area contributed by atoms with E-state index < -0.39 is 10.9 Å². The van der Waals surface area contributed by atoms with E-state index in [2.05, 4.69) is 20.8 Å². The Morgan fingerprint density at radius 3 is 2.47 bits per heavy atom. The van der Waals surface area contributed by atoms with Crippen LogP contribution in [0.2, 0.25) is 0 Å². The van der Waals surface area contributed by atoms with Crippen molar-refractivity contribution in [2.75, 3.05) is 10.6 Å². The maximum Gasteiger partial charge on any atom is 0.253 e. The zero-order chi connectivity index (χ0) is 21.3. The monoisotopic (exact) mass is 402 g/mol. The molecule has 4 rings (SSSR count). The number of aromatic hydroxyl groups is 2. The molecule has 0 saturated heterocycles. The number of rotatable bonds is 6. The maximum absolute atomic E-state index is 12.1. The average molecular weight is 402 g/mol. The summed E-state index contributed by atoms with van der Waals surface area (Å²) < 4.78 is 0. The first-order valence-corrected chi connectivity index (χ1v) is 9.21. The highest BCUT2D eigenvalue weighted by molar-refractivity contribution is 5.81. The van der Waals surface area contributed by atoms with Crippen LogP contribution in [0.3, 0.4) is 0 Å². The second-order valence-corrected chi connectivity index (χ2v) is 6.84. The molecular weight excluding hydrogens is 384 g/mol. The van der Waals surface area contributed by atoms with Gasteiger partial charge in [0.1, 0.15) is 22.9 Å². The molecule has 4 N–H and O–H groups in total. The van der Waals surface area contributed by atoms with Gasteiger partial charge in [-0.1, -0.05) is 12.1 Å². The molecule has 150 valence electrons. The number of hydrogen-bond acceptors (Lipinski definition) is 8. The molecular formula is C22H18N4O4. The minimum Gasteiger partial charge on any atom is -0.508 e. The molecule has 0 amide bonds. The molecule has 1 heterocycles. The van der Waals surface area contributed by atoms with Crippen LogP contribution in [0.25, 0.3) is 11.3 Å². The summed E-state index contributed by atoms with van der Waals surface area (Å²) in [6, 6.07) is 14.4. The number of phenols is 2. The molecule has 4 aromatic rings. The van der Waals surface area contributed by atoms with Gasteiger partial charge in [0.05, 0.1) is 5.69 Å². The number of hydrogen-bond donors (Lipinski definition) is 4. The molecule has 30 heavy (non-hydrogen) atoms. The third-order valence-electron chi connectivity index (χ3n) is 4.76. The van der Waals surface area contributed by atoms with Gasteiger partial charge in [0, 0.05) is 23.5 Å². The third-order valence-corrected chi connectivity index (χ3v) is 4.76. The summed E-state index contributed by atoms with van der Waals surface area (Å²) >= 11 is 0. The van der Waals surface area contributed by atoms with E-state index in [9.17, 15) is 19.8 Å². The quantitative estimate of drug-likeness (QED) is 0.286. The smallest absolute Gasteiger partial charge is 0.253 e. The van der Waals surface area contributed by atoms with Crippen molar-refractivity contribution >= 4 is 17.1 Å². The molecule has 0 unspecified atom stereocenters. The highest BCUT2D eigenvalue weighted by Gasteiger charge is 2.23. The van der Waals surface area contributed by atoms with E-state index in [4.69, 9.17) is 0 Å². The lowest BCUT2D eigenvalue weighted by Crippen LogP contribution is -2.37. The minimum absolute atomic E-state index is 0.0156. The van der Waals surface area contributed by atoms with Crippen LogP contribution in [-0.4, -0.2) is 20.4 Å². The van der Waals surface area contributed by atoms with Gasteiger partial charge in [-0.05, 0) is 55.0 Å². The lowest BCUT2D eigenvalue weighted by atomic mass is 10.1. The van der Waals surface area contributed by atoms with Crippen molar-refractivity contribution < 1.29 is 10.2 Å². The summed E-state index contributed by atoms with van der Waals surface area (Å²) in [5.74, 6) is 0.132. The van der Waals surface area contributed by atoms with Crippen LogP contribution in [0.4, 0.5) is 17.1 Å². The van der Waals surface area contributed by atoms with Crippen molar-refractivity contribution in [2.24, 2.45) is 0 Å². The van der Waals surface area contributed by atoms with Crippen molar-refractivity contribution in [1.29, 1.82) is 0 Å². The second kappa shape index (κ2) is 7.67. The summed E-state index contributed by atoms with van der Waals surface area (Å²) in [5.41, 5.74) is 1.26. The Labute approximate surface area is 171 Å². The Morgan fingerprint density at radius 1 is 0.933 bits per heavy atom. The van der Waals surface area contributed by atoms with Gasteiger partial charge in [-0.2, -0.15) is 10.2 Å². The molecule has 0 aliphatic heterocycles. The van der Waals surface area contributed by atoms with Crippen LogP contribution < -0.4 is 21.5 Å². The molecule has 0 spiro atoms. The fourth-order valence-electron chi connectivity index (χ4n) is 3.15. The summed E-state index contributed by atoms with van der Waals surface area (Å²) in [6.45, 7) is 1.82. The standard InChI is InChI=1S/C22H18N4O4/c1-12(13-4-2-5-15(27)10-13)24-19-20(22(30)21(19)29)25-14-7-8-18(28)16(11-14)17-6-3-9-23-26-17/h2-12,24-25,27-28H,1H3/t12-/m0/s1. The van der Waals surface area contributed by atoms with Gasteiger partial charge in [-0.15, -0.1) is 0 Å². The molecule has 3 aromatic carbocycles. The van der Waals surface area contributed by atoms with E-state index in [0.717, 1.165) is 5.56 Å². The number of benzene rings is 2. The van der Waals surface area contributed by atoms with E-state index in [1.54, 1.807) is 42.5 Å². The summed E-state index contributed by atoms with van der Waals surface area (Å²) in [6.07, 6.45) is 1.53. The van der Waals surface area contributed by atoms with Crippen LogP contribution in [0, 0.1) is 0 Å². The van der Waals surface area contributed by atoms with Crippen molar-refractivity contribution in [1.82, 2.24) is 10.2 Å². The molecule has 1 atom stereocenters. The predicted octanol–water partition coefficient (Wildman–Crippen LogP) is 3.07. The van der Waals surface area contributed by atoms with Crippen molar-refractivity contribution in [3.05, 3.63) is 86.8 Å². The first kappa shape index (κ1) is 19.1. The molecule has 0 aliphatic carbocycles. The van der Waals surface area contributed by atoms with E-state index in [0.29, 0.717) is 16.9 Å². The first-order valence-electron chi connectivity index (χ1n) is 9.21. The average Bonchev–Trinajstić information content (AvgIpc) is 2.77. The third kappa shape index (κ3) is 3.58. The molecule has 1 aromatic heterocycles. The van der Waals surface area contributed by atoms with Crippen LogP contribution >= 0.6 is 0 Å². The summed E-state index contributed by atoms with van der Waals surface area (Å²) in [5, 5.41) is 33.6. The minimum atomic E-state index is -0.630. The van der Waals surface area contributed by atoms with Crippen LogP contribution in [0.1, 0.15) is 18.5 Å². The van der Waals surface area contributed by atoms with E-state index >= 15 is 0 Å². The van der Waals surface area contributed by atoms with E-state index in [1.165, 1.54) is 12.3 Å². The first-order chi connectivity index (χ1) is 14.4.